The fourth-order valence-corrected chi connectivity index (χ4v) is 2.63. The highest BCUT2D eigenvalue weighted by atomic mass is 16.6. The number of anilines is 1. The summed E-state index contributed by atoms with van der Waals surface area (Å²) in [4.78, 5) is 22.7. The average Bonchev–Trinajstić information content (AvgIpc) is 2.68. The molecule has 0 saturated heterocycles. The van der Waals surface area contributed by atoms with Gasteiger partial charge in [-0.25, -0.2) is 0 Å². The minimum Gasteiger partial charge on any atom is -0.495 e. The molecule has 2 aromatic rings. The zero-order valence-electron chi connectivity index (χ0n) is 16.2. The summed E-state index contributed by atoms with van der Waals surface area (Å²) in [6.45, 7) is 4.84. The maximum absolute atomic E-state index is 12.3. The second kappa shape index (κ2) is 10.1. The molecule has 150 valence electrons. The molecule has 0 radical (unpaired) electrons. The lowest BCUT2D eigenvalue weighted by Gasteiger charge is -2.13. The fourth-order valence-electron chi connectivity index (χ4n) is 2.63. The van der Waals surface area contributed by atoms with Crippen LogP contribution in [0, 0.1) is 10.1 Å². The maximum atomic E-state index is 12.3. The fraction of sp³-hybridized carbons (Fsp3) is 0.350. The number of hydrogen-bond donors (Lipinski definition) is 1. The molecular formula is C20H24N2O6. The van der Waals surface area contributed by atoms with Gasteiger partial charge in [-0.15, -0.1) is 0 Å². The number of nitrogens with zero attached hydrogens (tertiary/aromatic N) is 1. The summed E-state index contributed by atoms with van der Waals surface area (Å²) in [7, 11) is 1.44. The van der Waals surface area contributed by atoms with E-state index in [1.165, 1.54) is 25.3 Å². The molecule has 8 nitrogen and oxygen atoms in total. The third-order valence-electron chi connectivity index (χ3n) is 3.92. The predicted octanol–water partition coefficient (Wildman–Crippen LogP) is 3.97. The van der Waals surface area contributed by atoms with Gasteiger partial charge in [0, 0.05) is 18.6 Å². The van der Waals surface area contributed by atoms with Crippen LogP contribution >= 0.6 is 0 Å². The summed E-state index contributed by atoms with van der Waals surface area (Å²) >= 11 is 0. The van der Waals surface area contributed by atoms with Crippen molar-refractivity contribution < 1.29 is 23.9 Å². The van der Waals surface area contributed by atoms with E-state index in [2.05, 4.69) is 5.32 Å². The molecule has 0 fully saturated rings. The molecule has 0 heterocycles. The number of nitrogens with one attached hydrogen (secondary N) is 1. The number of rotatable bonds is 10. The first-order chi connectivity index (χ1) is 13.5. The molecule has 28 heavy (non-hydrogen) atoms. The van der Waals surface area contributed by atoms with Crippen molar-refractivity contribution in [3.8, 4) is 17.2 Å². The van der Waals surface area contributed by atoms with Crippen molar-refractivity contribution >= 4 is 17.3 Å². The third kappa shape index (κ3) is 5.60. The summed E-state index contributed by atoms with van der Waals surface area (Å²) in [6.07, 6.45) is 0.681. The van der Waals surface area contributed by atoms with E-state index in [-0.39, 0.29) is 23.7 Å². The van der Waals surface area contributed by atoms with E-state index in [1.54, 1.807) is 0 Å². The second-order valence-corrected chi connectivity index (χ2v) is 5.84. The third-order valence-corrected chi connectivity index (χ3v) is 3.92. The van der Waals surface area contributed by atoms with Crippen molar-refractivity contribution in [2.24, 2.45) is 0 Å². The van der Waals surface area contributed by atoms with Gasteiger partial charge in [0.25, 0.3) is 5.69 Å². The number of benzene rings is 2. The molecule has 8 heteroatoms. The quantitative estimate of drug-likeness (QED) is 0.488. The normalized spacial score (nSPS) is 10.2. The topological polar surface area (TPSA) is 99.9 Å². The van der Waals surface area contributed by atoms with Gasteiger partial charge in [-0.05, 0) is 44.0 Å². The molecule has 0 saturated carbocycles. The van der Waals surface area contributed by atoms with E-state index in [9.17, 15) is 14.9 Å². The maximum Gasteiger partial charge on any atom is 0.271 e. The molecule has 2 rings (SSSR count). The van der Waals surface area contributed by atoms with Crippen molar-refractivity contribution in [2.45, 2.75) is 26.7 Å². The van der Waals surface area contributed by atoms with Crippen LogP contribution in [-0.2, 0) is 11.2 Å². The Morgan fingerprint density at radius 3 is 2.36 bits per heavy atom. The van der Waals surface area contributed by atoms with E-state index < -0.39 is 4.92 Å². The van der Waals surface area contributed by atoms with Crippen LogP contribution in [0.3, 0.4) is 0 Å². The average molecular weight is 388 g/mol. The lowest BCUT2D eigenvalue weighted by Crippen LogP contribution is -2.13. The van der Waals surface area contributed by atoms with Crippen molar-refractivity contribution in [1.29, 1.82) is 0 Å². The number of nitro benzene ring substituents is 1. The van der Waals surface area contributed by atoms with Gasteiger partial charge in [0.2, 0.25) is 5.91 Å². The van der Waals surface area contributed by atoms with E-state index in [1.807, 2.05) is 32.0 Å². The number of non-ortho nitro benzene ring substituents is 1. The summed E-state index contributed by atoms with van der Waals surface area (Å²) in [5, 5.41) is 13.6. The summed E-state index contributed by atoms with van der Waals surface area (Å²) in [6, 6.07) is 9.62. The molecule has 1 N–H and O–H groups in total. The number of aryl methyl sites for hydroxylation is 1. The van der Waals surface area contributed by atoms with E-state index in [4.69, 9.17) is 14.2 Å². The Bertz CT molecular complexity index is 837. The Balaban J connectivity index is 2.05. The summed E-state index contributed by atoms with van der Waals surface area (Å²) in [5.41, 5.74) is 1.07. The molecule has 0 aliphatic carbocycles. The van der Waals surface area contributed by atoms with Gasteiger partial charge in [0.15, 0.2) is 11.5 Å². The lowest BCUT2D eigenvalue weighted by molar-refractivity contribution is -0.384. The second-order valence-electron chi connectivity index (χ2n) is 5.84. The molecule has 0 bridgehead atoms. The van der Waals surface area contributed by atoms with Gasteiger partial charge >= 0.3 is 0 Å². The minimum absolute atomic E-state index is 0.121. The largest absolute Gasteiger partial charge is 0.495 e. The first-order valence-electron chi connectivity index (χ1n) is 8.99. The number of carbonyl (C=O) groups excluding carboxylic acids is 1. The van der Waals surface area contributed by atoms with Crippen LogP contribution in [0.4, 0.5) is 11.4 Å². The molecule has 0 aromatic heterocycles. The van der Waals surface area contributed by atoms with Crippen LogP contribution in [0.5, 0.6) is 17.2 Å². The Kier molecular flexibility index (Phi) is 7.62. The van der Waals surface area contributed by atoms with Gasteiger partial charge in [0.1, 0.15) is 5.75 Å². The van der Waals surface area contributed by atoms with Crippen LogP contribution in [0.15, 0.2) is 36.4 Å². The number of carbonyl (C=O) groups is 1. The number of hydrogen-bond acceptors (Lipinski definition) is 6. The molecule has 0 aliphatic heterocycles. The zero-order valence-corrected chi connectivity index (χ0v) is 16.2. The Hall–Kier alpha value is -3.29. The number of ether oxygens (including phenoxy) is 3. The molecule has 0 unspecified atom stereocenters. The van der Waals surface area contributed by atoms with E-state index in [0.29, 0.717) is 36.9 Å². The van der Waals surface area contributed by atoms with Crippen molar-refractivity contribution in [2.75, 3.05) is 25.6 Å². The smallest absolute Gasteiger partial charge is 0.271 e. The molecule has 1 amide bonds. The molecule has 0 atom stereocenters. The van der Waals surface area contributed by atoms with Gasteiger partial charge in [-0.1, -0.05) is 6.07 Å². The van der Waals surface area contributed by atoms with E-state index in [0.717, 1.165) is 5.56 Å². The molecule has 0 aliphatic rings. The van der Waals surface area contributed by atoms with Crippen LogP contribution < -0.4 is 19.5 Å². The van der Waals surface area contributed by atoms with Crippen molar-refractivity contribution in [3.05, 3.63) is 52.1 Å². The first-order valence-corrected chi connectivity index (χ1v) is 8.99. The highest BCUT2D eigenvalue weighted by molar-refractivity contribution is 5.92. The van der Waals surface area contributed by atoms with Crippen LogP contribution in [0.25, 0.3) is 0 Å². The number of nitro groups is 1. The first kappa shape index (κ1) is 21.0. The minimum atomic E-state index is -0.524. The van der Waals surface area contributed by atoms with Crippen molar-refractivity contribution in [3.63, 3.8) is 0 Å². The van der Waals surface area contributed by atoms with Crippen LogP contribution in [0.1, 0.15) is 25.8 Å². The Morgan fingerprint density at radius 1 is 1.04 bits per heavy atom. The van der Waals surface area contributed by atoms with Crippen LogP contribution in [-0.4, -0.2) is 31.2 Å². The number of methoxy groups -OCH3 is 1. The summed E-state index contributed by atoms with van der Waals surface area (Å²) < 4.78 is 16.3. The lowest BCUT2D eigenvalue weighted by atomic mass is 10.1. The zero-order chi connectivity index (χ0) is 20.5. The highest BCUT2D eigenvalue weighted by Gasteiger charge is 2.14. The Morgan fingerprint density at radius 2 is 1.71 bits per heavy atom. The number of amides is 1. The SMILES string of the molecule is CCOc1ccc(CCC(=O)Nc2cc([N+](=O)[O-])ccc2OC)cc1OCC. The van der Waals surface area contributed by atoms with E-state index >= 15 is 0 Å². The molecule has 0 spiro atoms. The molecular weight excluding hydrogens is 364 g/mol. The molecule has 2 aromatic carbocycles. The monoisotopic (exact) mass is 388 g/mol. The van der Waals surface area contributed by atoms with Gasteiger partial charge in [-0.3, -0.25) is 14.9 Å². The van der Waals surface area contributed by atoms with Gasteiger partial charge in [-0.2, -0.15) is 0 Å². The standard InChI is InChI=1S/C20H24N2O6/c1-4-27-18-9-6-14(12-19(18)28-5-2)7-11-20(23)21-16-13-15(22(24)25)8-10-17(16)26-3/h6,8-10,12-13H,4-5,7,11H2,1-3H3,(H,21,23). The van der Waals surface area contributed by atoms with Gasteiger partial charge in [0.05, 0.1) is 30.9 Å². The summed E-state index contributed by atoms with van der Waals surface area (Å²) in [5.74, 6) is 1.39. The Labute approximate surface area is 163 Å². The van der Waals surface area contributed by atoms with Crippen LogP contribution in [0.2, 0.25) is 0 Å². The van der Waals surface area contributed by atoms with Gasteiger partial charge < -0.3 is 19.5 Å². The van der Waals surface area contributed by atoms with Crippen molar-refractivity contribution in [1.82, 2.24) is 0 Å². The predicted molar refractivity (Wildman–Crippen MR) is 105 cm³/mol. The highest BCUT2D eigenvalue weighted by Crippen LogP contribution is 2.30.